The molecule has 0 amide bonds. The minimum Gasteiger partial charge on any atom is -0.352 e. The van der Waals surface area contributed by atoms with Crippen LogP contribution in [0.5, 0.6) is 0 Å². The van der Waals surface area contributed by atoms with Crippen molar-refractivity contribution in [1.82, 2.24) is 9.55 Å². The lowest BCUT2D eigenvalue weighted by Gasteiger charge is -2.27. The molecule has 1 aromatic carbocycles. The van der Waals surface area contributed by atoms with E-state index in [4.69, 9.17) is 0 Å². The van der Waals surface area contributed by atoms with E-state index in [0.29, 0.717) is 5.82 Å². The summed E-state index contributed by atoms with van der Waals surface area (Å²) in [4.78, 5) is 19.0. The number of benzene rings is 1. The first-order chi connectivity index (χ1) is 8.77. The van der Waals surface area contributed by atoms with Gasteiger partial charge in [0.1, 0.15) is 0 Å². The van der Waals surface area contributed by atoms with Gasteiger partial charge >= 0.3 is 0 Å². The van der Waals surface area contributed by atoms with Gasteiger partial charge < -0.3 is 9.47 Å². The highest BCUT2D eigenvalue weighted by Gasteiger charge is 2.17. The molecule has 0 saturated carbocycles. The average molecular weight is 243 g/mol. The van der Waals surface area contributed by atoms with Crippen LogP contribution in [-0.2, 0) is 7.05 Å². The molecule has 0 spiro atoms. The predicted molar refractivity (Wildman–Crippen MR) is 73.0 cm³/mol. The topological polar surface area (TPSA) is 38.1 Å². The monoisotopic (exact) mass is 243 g/mol. The first-order valence-corrected chi connectivity index (χ1v) is 6.48. The van der Waals surface area contributed by atoms with Crippen molar-refractivity contribution >= 4 is 16.9 Å². The van der Waals surface area contributed by atoms with Gasteiger partial charge in [-0.05, 0) is 31.4 Å². The van der Waals surface area contributed by atoms with Crippen LogP contribution < -0.4 is 10.5 Å². The Hall–Kier alpha value is -1.84. The average Bonchev–Trinajstić information content (AvgIpc) is 2.44. The lowest BCUT2D eigenvalue weighted by Crippen LogP contribution is -2.36. The van der Waals surface area contributed by atoms with Crippen LogP contribution in [-0.4, -0.2) is 22.6 Å². The Kier molecular flexibility index (Phi) is 2.78. The Labute approximate surface area is 106 Å². The minimum atomic E-state index is 0.00981. The molecule has 94 valence electrons. The number of piperidine rings is 1. The van der Waals surface area contributed by atoms with Crippen LogP contribution in [0.1, 0.15) is 19.3 Å². The molecule has 0 atom stereocenters. The summed E-state index contributed by atoms with van der Waals surface area (Å²) in [5.41, 5.74) is 1.79. The van der Waals surface area contributed by atoms with Crippen molar-refractivity contribution in [3.8, 4) is 0 Å². The minimum absolute atomic E-state index is 0.00981. The zero-order chi connectivity index (χ0) is 12.5. The van der Waals surface area contributed by atoms with Gasteiger partial charge in [-0.2, -0.15) is 0 Å². The first-order valence-electron chi connectivity index (χ1n) is 6.48. The second-order valence-corrected chi connectivity index (χ2v) is 4.84. The molecule has 1 fully saturated rings. The Morgan fingerprint density at radius 1 is 1.11 bits per heavy atom. The van der Waals surface area contributed by atoms with Gasteiger partial charge in [0, 0.05) is 20.1 Å². The van der Waals surface area contributed by atoms with Crippen LogP contribution in [0, 0.1) is 0 Å². The molecule has 2 aromatic rings. The number of aryl methyl sites for hydroxylation is 1. The fourth-order valence-electron chi connectivity index (χ4n) is 2.58. The van der Waals surface area contributed by atoms with E-state index in [1.165, 1.54) is 6.42 Å². The maximum Gasteiger partial charge on any atom is 0.293 e. The summed E-state index contributed by atoms with van der Waals surface area (Å²) >= 11 is 0. The Bertz CT molecular complexity index is 626. The molecule has 4 heteroatoms. The zero-order valence-electron chi connectivity index (χ0n) is 10.6. The fraction of sp³-hybridized carbons (Fsp3) is 0.429. The Morgan fingerprint density at radius 2 is 1.83 bits per heavy atom. The summed E-state index contributed by atoms with van der Waals surface area (Å²) in [5, 5.41) is 0. The van der Waals surface area contributed by atoms with Crippen LogP contribution in [0.15, 0.2) is 29.1 Å². The lowest BCUT2D eigenvalue weighted by molar-refractivity contribution is 0.570. The molecule has 0 unspecified atom stereocenters. The molecule has 1 aromatic heterocycles. The molecule has 4 nitrogen and oxygen atoms in total. The quantitative estimate of drug-likeness (QED) is 0.768. The predicted octanol–water partition coefficient (Wildman–Crippen LogP) is 1.92. The summed E-state index contributed by atoms with van der Waals surface area (Å²) in [6.07, 6.45) is 3.56. The number of hydrogen-bond acceptors (Lipinski definition) is 3. The molecule has 18 heavy (non-hydrogen) atoms. The van der Waals surface area contributed by atoms with Gasteiger partial charge in [0.25, 0.3) is 5.56 Å². The van der Waals surface area contributed by atoms with E-state index in [2.05, 4.69) is 9.88 Å². The van der Waals surface area contributed by atoms with Crippen LogP contribution >= 0.6 is 0 Å². The van der Waals surface area contributed by atoms with Gasteiger partial charge in [-0.1, -0.05) is 12.1 Å². The van der Waals surface area contributed by atoms with E-state index >= 15 is 0 Å². The van der Waals surface area contributed by atoms with E-state index < -0.39 is 0 Å². The van der Waals surface area contributed by atoms with Crippen LogP contribution in [0.4, 0.5) is 5.82 Å². The van der Waals surface area contributed by atoms with E-state index in [1.54, 1.807) is 4.57 Å². The number of fused-ring (bicyclic) bond motifs is 1. The lowest BCUT2D eigenvalue weighted by atomic mass is 10.1. The van der Waals surface area contributed by atoms with E-state index in [1.807, 2.05) is 31.3 Å². The molecule has 3 rings (SSSR count). The van der Waals surface area contributed by atoms with Crippen molar-refractivity contribution < 1.29 is 0 Å². The second kappa shape index (κ2) is 4.44. The normalized spacial score (nSPS) is 16.2. The number of rotatable bonds is 1. The molecule has 0 aliphatic carbocycles. The van der Waals surface area contributed by atoms with Gasteiger partial charge in [-0.25, -0.2) is 4.98 Å². The molecule has 1 saturated heterocycles. The van der Waals surface area contributed by atoms with E-state index in [-0.39, 0.29) is 5.56 Å². The third kappa shape index (κ3) is 1.78. The summed E-state index contributed by atoms with van der Waals surface area (Å²) in [7, 11) is 1.82. The van der Waals surface area contributed by atoms with Crippen LogP contribution in [0.3, 0.4) is 0 Å². The van der Waals surface area contributed by atoms with Crippen LogP contribution in [0.2, 0.25) is 0 Å². The van der Waals surface area contributed by atoms with E-state index in [0.717, 1.165) is 37.0 Å². The summed E-state index contributed by atoms with van der Waals surface area (Å²) in [6.45, 7) is 1.89. The molecule has 2 heterocycles. The van der Waals surface area contributed by atoms with Gasteiger partial charge in [0.05, 0.1) is 11.0 Å². The standard InChI is InChI=1S/C14H17N3O/c1-16-12-8-4-3-7-11(12)15-13(14(16)18)17-9-5-2-6-10-17/h3-4,7-8H,2,5-6,9-10H2,1H3. The third-order valence-corrected chi connectivity index (χ3v) is 3.62. The smallest absolute Gasteiger partial charge is 0.293 e. The van der Waals surface area contributed by atoms with Crippen molar-refractivity contribution in [3.05, 3.63) is 34.6 Å². The second-order valence-electron chi connectivity index (χ2n) is 4.84. The van der Waals surface area contributed by atoms with Gasteiger partial charge in [0.15, 0.2) is 5.82 Å². The number of nitrogens with zero attached hydrogens (tertiary/aromatic N) is 3. The maximum absolute atomic E-state index is 12.3. The highest BCUT2D eigenvalue weighted by atomic mass is 16.1. The molecule has 0 radical (unpaired) electrons. The number of hydrogen-bond donors (Lipinski definition) is 0. The fourth-order valence-corrected chi connectivity index (χ4v) is 2.58. The van der Waals surface area contributed by atoms with Gasteiger partial charge in [-0.15, -0.1) is 0 Å². The summed E-state index contributed by atoms with van der Waals surface area (Å²) < 4.78 is 1.70. The van der Waals surface area contributed by atoms with Crippen molar-refractivity contribution in [2.45, 2.75) is 19.3 Å². The van der Waals surface area contributed by atoms with Gasteiger partial charge in [-0.3, -0.25) is 4.79 Å². The van der Waals surface area contributed by atoms with Crippen molar-refractivity contribution in [1.29, 1.82) is 0 Å². The largest absolute Gasteiger partial charge is 0.352 e. The number of aromatic nitrogens is 2. The summed E-state index contributed by atoms with van der Waals surface area (Å²) in [6, 6.07) is 7.79. The zero-order valence-corrected chi connectivity index (χ0v) is 10.6. The highest BCUT2D eigenvalue weighted by molar-refractivity contribution is 5.76. The SMILES string of the molecule is Cn1c(=O)c(N2CCCCC2)nc2ccccc21. The number of anilines is 1. The van der Waals surface area contributed by atoms with Crippen molar-refractivity contribution in [3.63, 3.8) is 0 Å². The molecule has 1 aliphatic rings. The molecular formula is C14H17N3O. The molecule has 0 bridgehead atoms. The summed E-state index contributed by atoms with van der Waals surface area (Å²) in [5.74, 6) is 0.607. The third-order valence-electron chi connectivity index (χ3n) is 3.62. The van der Waals surface area contributed by atoms with Crippen molar-refractivity contribution in [2.24, 2.45) is 7.05 Å². The maximum atomic E-state index is 12.3. The Morgan fingerprint density at radius 3 is 2.61 bits per heavy atom. The highest BCUT2D eigenvalue weighted by Crippen LogP contribution is 2.17. The molecule has 1 aliphatic heterocycles. The molecular weight excluding hydrogens is 226 g/mol. The molecule has 0 N–H and O–H groups in total. The first kappa shape index (κ1) is 11.3. The van der Waals surface area contributed by atoms with Gasteiger partial charge in [0.2, 0.25) is 0 Å². The van der Waals surface area contributed by atoms with E-state index in [9.17, 15) is 4.79 Å². The van der Waals surface area contributed by atoms with Crippen LogP contribution in [0.25, 0.3) is 11.0 Å². The van der Waals surface area contributed by atoms with Crippen molar-refractivity contribution in [2.75, 3.05) is 18.0 Å². The number of para-hydroxylation sites is 2. The Balaban J connectivity index is 2.17.